The van der Waals surface area contributed by atoms with Crippen molar-refractivity contribution in [3.05, 3.63) is 44.9 Å². The normalized spacial score (nSPS) is 26.9. The van der Waals surface area contributed by atoms with E-state index in [4.69, 9.17) is 4.74 Å². The zero-order valence-electron chi connectivity index (χ0n) is 14.4. The maximum absolute atomic E-state index is 12.6. The summed E-state index contributed by atoms with van der Waals surface area (Å²) in [6, 6.07) is 5.12. The molecule has 132 valence electrons. The summed E-state index contributed by atoms with van der Waals surface area (Å²) in [7, 11) is 1.79. The Kier molecular flexibility index (Phi) is 3.37. The van der Waals surface area contributed by atoms with Crippen LogP contribution in [0.3, 0.4) is 0 Å². The molecule has 1 aliphatic heterocycles. The highest BCUT2D eigenvalue weighted by molar-refractivity contribution is 5.62. The molecule has 8 heteroatoms. The Morgan fingerprint density at radius 3 is 2.92 bits per heavy atom. The van der Waals surface area contributed by atoms with Crippen LogP contribution in [-0.4, -0.2) is 40.1 Å². The van der Waals surface area contributed by atoms with E-state index in [1.54, 1.807) is 25.2 Å². The topological polar surface area (TPSA) is 90.0 Å². The van der Waals surface area contributed by atoms with Crippen molar-refractivity contribution < 1.29 is 9.66 Å². The monoisotopic (exact) mass is 344 g/mol. The van der Waals surface area contributed by atoms with Crippen molar-refractivity contribution in [1.82, 2.24) is 9.38 Å². The second-order valence-electron chi connectivity index (χ2n) is 7.40. The third-order valence-electron chi connectivity index (χ3n) is 5.66. The molecule has 8 nitrogen and oxygen atoms in total. The molecule has 2 aromatic heterocycles. The van der Waals surface area contributed by atoms with Crippen molar-refractivity contribution in [3.63, 3.8) is 0 Å². The minimum Gasteiger partial charge on any atom is -0.377 e. The van der Waals surface area contributed by atoms with Gasteiger partial charge in [-0.1, -0.05) is 19.9 Å². The molecule has 4 rings (SSSR count). The summed E-state index contributed by atoms with van der Waals surface area (Å²) in [5, 5.41) is 11.6. The van der Waals surface area contributed by atoms with Crippen molar-refractivity contribution >= 4 is 17.2 Å². The first-order chi connectivity index (χ1) is 11.8. The van der Waals surface area contributed by atoms with Crippen molar-refractivity contribution in [2.75, 3.05) is 18.6 Å². The Morgan fingerprint density at radius 2 is 2.20 bits per heavy atom. The third-order valence-corrected chi connectivity index (χ3v) is 5.66. The van der Waals surface area contributed by atoms with Gasteiger partial charge in [0.2, 0.25) is 5.82 Å². The SMILES string of the molecule is CN(c1nc2ccccn2c(=O)c1[N+](=O)[O-])C1C2CCOC2C1(C)C. The smallest absolute Gasteiger partial charge is 0.376 e. The van der Waals surface area contributed by atoms with E-state index in [1.807, 2.05) is 4.90 Å². The second kappa shape index (κ2) is 5.26. The first-order valence-corrected chi connectivity index (χ1v) is 8.34. The second-order valence-corrected chi connectivity index (χ2v) is 7.40. The summed E-state index contributed by atoms with van der Waals surface area (Å²) in [6.07, 6.45) is 2.57. The molecule has 0 aromatic carbocycles. The molecule has 0 N–H and O–H groups in total. The maximum atomic E-state index is 12.6. The van der Waals surface area contributed by atoms with Gasteiger partial charge >= 0.3 is 11.2 Å². The molecule has 0 spiro atoms. The first-order valence-electron chi connectivity index (χ1n) is 8.34. The summed E-state index contributed by atoms with van der Waals surface area (Å²) in [5.74, 6) is 0.431. The lowest BCUT2D eigenvalue weighted by molar-refractivity contribution is -0.385. The molecule has 1 saturated carbocycles. The fraction of sp³-hybridized carbons (Fsp3) is 0.529. The number of nitrogens with zero attached hydrogens (tertiary/aromatic N) is 4. The van der Waals surface area contributed by atoms with E-state index in [0.717, 1.165) is 6.42 Å². The van der Waals surface area contributed by atoms with Gasteiger partial charge in [0.1, 0.15) is 5.65 Å². The van der Waals surface area contributed by atoms with Gasteiger partial charge in [-0.3, -0.25) is 19.3 Å². The quantitative estimate of drug-likeness (QED) is 0.623. The number of nitro groups is 1. The van der Waals surface area contributed by atoms with Crippen LogP contribution >= 0.6 is 0 Å². The number of fused-ring (bicyclic) bond motifs is 2. The van der Waals surface area contributed by atoms with E-state index in [0.29, 0.717) is 18.2 Å². The molecule has 2 aliphatic rings. The lowest BCUT2D eigenvalue weighted by atomic mass is 9.57. The molecule has 0 radical (unpaired) electrons. The maximum Gasteiger partial charge on any atom is 0.376 e. The molecular formula is C17H20N4O4. The molecule has 3 atom stereocenters. The highest BCUT2D eigenvalue weighted by Gasteiger charge is 2.61. The van der Waals surface area contributed by atoms with Crippen LogP contribution in [-0.2, 0) is 4.74 Å². The Balaban J connectivity index is 1.87. The molecule has 1 saturated heterocycles. The van der Waals surface area contributed by atoms with Gasteiger partial charge in [-0.05, 0) is 18.6 Å². The lowest BCUT2D eigenvalue weighted by Crippen LogP contribution is -2.66. The van der Waals surface area contributed by atoms with Crippen molar-refractivity contribution in [1.29, 1.82) is 0 Å². The Morgan fingerprint density at radius 1 is 1.44 bits per heavy atom. The summed E-state index contributed by atoms with van der Waals surface area (Å²) in [6.45, 7) is 4.90. The van der Waals surface area contributed by atoms with Gasteiger partial charge < -0.3 is 9.64 Å². The highest BCUT2D eigenvalue weighted by atomic mass is 16.6. The molecular weight excluding hydrogens is 324 g/mol. The number of aromatic nitrogens is 2. The Labute approximate surface area is 144 Å². The summed E-state index contributed by atoms with van der Waals surface area (Å²) in [5.41, 5.74) is -0.901. The molecule has 25 heavy (non-hydrogen) atoms. The molecule has 2 fully saturated rings. The van der Waals surface area contributed by atoms with Crippen molar-refractivity contribution in [2.24, 2.45) is 11.3 Å². The number of anilines is 1. The standard InChI is InChI=1S/C17H20N4O4/c1-17(2)13(10-7-9-25-14(10)17)19(3)15-12(21(23)24)16(22)20-8-5-4-6-11(20)18-15/h4-6,8,10,13-14H,7,9H2,1-3H3. The van der Waals surface area contributed by atoms with Gasteiger partial charge in [-0.2, -0.15) is 0 Å². The number of hydrogen-bond acceptors (Lipinski definition) is 6. The molecule has 0 amide bonds. The van der Waals surface area contributed by atoms with E-state index in [-0.39, 0.29) is 23.4 Å². The fourth-order valence-corrected chi connectivity index (χ4v) is 4.69. The zero-order valence-corrected chi connectivity index (χ0v) is 14.4. The number of rotatable bonds is 3. The van der Waals surface area contributed by atoms with Gasteiger partial charge in [-0.15, -0.1) is 0 Å². The van der Waals surface area contributed by atoms with E-state index in [2.05, 4.69) is 18.8 Å². The summed E-state index contributed by atoms with van der Waals surface area (Å²) >= 11 is 0. The van der Waals surface area contributed by atoms with E-state index >= 15 is 0 Å². The van der Waals surface area contributed by atoms with Crippen LogP contribution in [0.15, 0.2) is 29.2 Å². The highest BCUT2D eigenvalue weighted by Crippen LogP contribution is 2.55. The van der Waals surface area contributed by atoms with E-state index in [9.17, 15) is 14.9 Å². The van der Waals surface area contributed by atoms with E-state index in [1.165, 1.54) is 10.6 Å². The predicted molar refractivity (Wildman–Crippen MR) is 91.9 cm³/mol. The molecule has 0 bridgehead atoms. The largest absolute Gasteiger partial charge is 0.377 e. The van der Waals surface area contributed by atoms with Crippen LogP contribution in [0.25, 0.3) is 5.65 Å². The zero-order chi connectivity index (χ0) is 17.9. The molecule has 2 aromatic rings. The van der Waals surface area contributed by atoms with Crippen LogP contribution < -0.4 is 10.5 Å². The van der Waals surface area contributed by atoms with Gasteiger partial charge in [0.05, 0.1) is 11.0 Å². The van der Waals surface area contributed by atoms with Gasteiger partial charge in [-0.25, -0.2) is 4.98 Å². The van der Waals surface area contributed by atoms with Gasteiger partial charge in [0.25, 0.3) is 0 Å². The van der Waals surface area contributed by atoms with Crippen LogP contribution in [0.1, 0.15) is 20.3 Å². The van der Waals surface area contributed by atoms with Crippen LogP contribution in [0.2, 0.25) is 0 Å². The predicted octanol–water partition coefficient (Wildman–Crippen LogP) is 1.85. The molecule has 3 unspecified atom stereocenters. The Hall–Kier alpha value is -2.48. The summed E-state index contributed by atoms with van der Waals surface area (Å²) < 4.78 is 7.02. The number of pyridine rings is 1. The van der Waals surface area contributed by atoms with E-state index < -0.39 is 16.2 Å². The lowest BCUT2D eigenvalue weighted by Gasteiger charge is -2.57. The summed E-state index contributed by atoms with van der Waals surface area (Å²) in [4.78, 5) is 29.9. The van der Waals surface area contributed by atoms with Crippen LogP contribution in [0, 0.1) is 21.4 Å². The fourth-order valence-electron chi connectivity index (χ4n) is 4.69. The average molecular weight is 344 g/mol. The van der Waals surface area contributed by atoms with Crippen molar-refractivity contribution in [3.8, 4) is 0 Å². The van der Waals surface area contributed by atoms with Crippen LogP contribution in [0.5, 0.6) is 0 Å². The van der Waals surface area contributed by atoms with Gasteiger partial charge in [0, 0.05) is 37.2 Å². The minimum atomic E-state index is -0.659. The number of ether oxygens (including phenoxy) is 1. The molecule has 1 aliphatic carbocycles. The first kappa shape index (κ1) is 16.0. The third kappa shape index (κ3) is 2.10. The number of hydrogen-bond donors (Lipinski definition) is 0. The molecule has 3 heterocycles. The Bertz CT molecular complexity index is 922. The van der Waals surface area contributed by atoms with Crippen LogP contribution in [0.4, 0.5) is 11.5 Å². The average Bonchev–Trinajstić information content (AvgIpc) is 3.00. The van der Waals surface area contributed by atoms with Gasteiger partial charge in [0.15, 0.2) is 0 Å². The van der Waals surface area contributed by atoms with Crippen molar-refractivity contribution in [2.45, 2.75) is 32.4 Å². The minimum absolute atomic E-state index is 0.0387.